The number of aromatic nitrogens is 3. The summed E-state index contributed by atoms with van der Waals surface area (Å²) in [6.45, 7) is 2.28. The van der Waals surface area contributed by atoms with Crippen molar-refractivity contribution >= 4 is 28.4 Å². The van der Waals surface area contributed by atoms with E-state index in [4.69, 9.17) is 9.47 Å². The summed E-state index contributed by atoms with van der Waals surface area (Å²) >= 11 is 0. The van der Waals surface area contributed by atoms with Crippen molar-refractivity contribution in [3.05, 3.63) is 60.3 Å². The summed E-state index contributed by atoms with van der Waals surface area (Å²) in [5.74, 6) is 2.90. The lowest BCUT2D eigenvalue weighted by molar-refractivity contribution is 0.102. The van der Waals surface area contributed by atoms with E-state index >= 15 is 0 Å². The van der Waals surface area contributed by atoms with E-state index in [2.05, 4.69) is 25.2 Å². The van der Waals surface area contributed by atoms with Crippen molar-refractivity contribution in [2.24, 2.45) is 0 Å². The lowest BCUT2D eigenvalue weighted by atomic mass is 10.2. The van der Waals surface area contributed by atoms with Gasteiger partial charge in [-0.25, -0.2) is 9.97 Å². The molecule has 1 fully saturated rings. The first-order valence-corrected chi connectivity index (χ1v) is 10.7. The highest BCUT2D eigenvalue weighted by atomic mass is 16.7. The molecule has 2 aromatic heterocycles. The van der Waals surface area contributed by atoms with Crippen molar-refractivity contribution in [1.29, 1.82) is 0 Å². The van der Waals surface area contributed by atoms with E-state index in [1.807, 2.05) is 48.5 Å². The Kier molecular flexibility index (Phi) is 4.41. The van der Waals surface area contributed by atoms with Gasteiger partial charge in [0, 0.05) is 30.5 Å². The number of hydrogen-bond acceptors (Lipinski definition) is 6. The number of imidazole rings is 1. The number of H-pyrrole nitrogens is 1. The van der Waals surface area contributed by atoms with Gasteiger partial charge < -0.3 is 24.7 Å². The lowest BCUT2D eigenvalue weighted by Crippen LogP contribution is -2.19. The number of fused-ring (bicyclic) bond motifs is 2. The van der Waals surface area contributed by atoms with E-state index in [1.54, 1.807) is 6.20 Å². The van der Waals surface area contributed by atoms with Crippen molar-refractivity contribution in [2.45, 2.75) is 12.8 Å². The molecule has 0 saturated carbocycles. The SMILES string of the molecule is O=C(Nc1ccc2nc(-c3ccc4c(c3)OCO4)[nH]c2c1)c1ccc(N2CCCC2)nc1. The fourth-order valence-electron chi connectivity index (χ4n) is 4.12. The van der Waals surface area contributed by atoms with Crippen molar-refractivity contribution in [2.75, 3.05) is 30.1 Å². The summed E-state index contributed by atoms with van der Waals surface area (Å²) in [7, 11) is 0. The van der Waals surface area contributed by atoms with Crippen LogP contribution in [0, 0.1) is 0 Å². The van der Waals surface area contributed by atoms with Crippen LogP contribution < -0.4 is 19.7 Å². The van der Waals surface area contributed by atoms with Crippen LogP contribution in [-0.4, -0.2) is 40.7 Å². The predicted molar refractivity (Wildman–Crippen MR) is 121 cm³/mol. The molecule has 0 atom stereocenters. The minimum absolute atomic E-state index is 0.194. The van der Waals surface area contributed by atoms with Crippen LogP contribution in [-0.2, 0) is 0 Å². The van der Waals surface area contributed by atoms with E-state index in [0.717, 1.165) is 47.1 Å². The fraction of sp³-hybridized carbons (Fsp3) is 0.208. The molecule has 32 heavy (non-hydrogen) atoms. The van der Waals surface area contributed by atoms with Crippen LogP contribution in [0.15, 0.2) is 54.7 Å². The van der Waals surface area contributed by atoms with Gasteiger partial charge in [0.15, 0.2) is 11.5 Å². The first-order valence-electron chi connectivity index (χ1n) is 10.7. The topological polar surface area (TPSA) is 92.4 Å². The number of aromatic amines is 1. The Morgan fingerprint density at radius 2 is 1.88 bits per heavy atom. The van der Waals surface area contributed by atoms with Crippen molar-refractivity contribution in [3.63, 3.8) is 0 Å². The molecule has 1 amide bonds. The summed E-state index contributed by atoms with van der Waals surface area (Å²) in [6, 6.07) is 15.1. The zero-order valence-corrected chi connectivity index (χ0v) is 17.3. The largest absolute Gasteiger partial charge is 0.454 e. The summed E-state index contributed by atoms with van der Waals surface area (Å²) in [5.41, 5.74) is 3.76. The number of benzene rings is 2. The van der Waals surface area contributed by atoms with Gasteiger partial charge in [-0.1, -0.05) is 0 Å². The first kappa shape index (κ1) is 18.7. The molecule has 8 nitrogen and oxygen atoms in total. The molecule has 2 aliphatic heterocycles. The number of rotatable bonds is 4. The molecule has 2 aromatic carbocycles. The Hall–Kier alpha value is -4.07. The summed E-state index contributed by atoms with van der Waals surface area (Å²) in [5, 5.41) is 2.95. The summed E-state index contributed by atoms with van der Waals surface area (Å²) in [6.07, 6.45) is 4.02. The molecule has 0 spiro atoms. The van der Waals surface area contributed by atoms with Gasteiger partial charge in [0.05, 0.1) is 16.6 Å². The number of carbonyl (C=O) groups excluding carboxylic acids is 1. The zero-order chi connectivity index (χ0) is 21.5. The normalized spacial score (nSPS) is 14.8. The Balaban J connectivity index is 1.20. The Morgan fingerprint density at radius 3 is 2.72 bits per heavy atom. The molecule has 0 bridgehead atoms. The third kappa shape index (κ3) is 3.39. The minimum atomic E-state index is -0.194. The molecule has 160 valence electrons. The van der Waals surface area contributed by atoms with Crippen LogP contribution in [0.25, 0.3) is 22.4 Å². The highest BCUT2D eigenvalue weighted by Crippen LogP contribution is 2.35. The van der Waals surface area contributed by atoms with Gasteiger partial charge in [0.25, 0.3) is 5.91 Å². The predicted octanol–water partition coefficient (Wildman–Crippen LogP) is 4.21. The molecule has 0 aliphatic carbocycles. The molecule has 0 unspecified atom stereocenters. The third-order valence-electron chi connectivity index (χ3n) is 5.83. The number of nitrogens with zero attached hydrogens (tertiary/aromatic N) is 3. The second-order valence-electron chi connectivity index (χ2n) is 7.94. The number of pyridine rings is 1. The van der Waals surface area contributed by atoms with Gasteiger partial charge >= 0.3 is 0 Å². The van der Waals surface area contributed by atoms with E-state index in [9.17, 15) is 4.79 Å². The molecular formula is C24H21N5O3. The highest BCUT2D eigenvalue weighted by Gasteiger charge is 2.17. The van der Waals surface area contributed by atoms with E-state index in [-0.39, 0.29) is 12.7 Å². The van der Waals surface area contributed by atoms with Gasteiger partial charge in [-0.15, -0.1) is 0 Å². The van der Waals surface area contributed by atoms with Crippen LogP contribution in [0.3, 0.4) is 0 Å². The molecule has 8 heteroatoms. The Morgan fingerprint density at radius 1 is 1.00 bits per heavy atom. The molecular weight excluding hydrogens is 406 g/mol. The molecule has 2 aliphatic rings. The second-order valence-corrected chi connectivity index (χ2v) is 7.94. The molecule has 2 N–H and O–H groups in total. The third-order valence-corrected chi connectivity index (χ3v) is 5.83. The minimum Gasteiger partial charge on any atom is -0.454 e. The number of anilines is 2. The fourth-order valence-corrected chi connectivity index (χ4v) is 4.12. The average molecular weight is 427 g/mol. The number of amides is 1. The lowest BCUT2D eigenvalue weighted by Gasteiger charge is -2.16. The van der Waals surface area contributed by atoms with Crippen LogP contribution >= 0.6 is 0 Å². The van der Waals surface area contributed by atoms with Crippen molar-refractivity contribution < 1.29 is 14.3 Å². The standard InChI is InChI=1S/C24H21N5O3/c30-24(16-4-8-22(25-13-16)29-9-1-2-10-29)26-17-5-6-18-19(12-17)28-23(27-18)15-3-7-20-21(11-15)32-14-31-20/h3-8,11-13H,1-2,9-10,14H2,(H,26,30)(H,27,28). The molecule has 4 heterocycles. The quantitative estimate of drug-likeness (QED) is 0.507. The van der Waals surface area contributed by atoms with Crippen LogP contribution in [0.1, 0.15) is 23.2 Å². The molecule has 6 rings (SSSR count). The zero-order valence-electron chi connectivity index (χ0n) is 17.3. The highest BCUT2D eigenvalue weighted by molar-refractivity contribution is 6.05. The summed E-state index contributed by atoms with van der Waals surface area (Å²) < 4.78 is 10.8. The maximum atomic E-state index is 12.7. The monoisotopic (exact) mass is 427 g/mol. The van der Waals surface area contributed by atoms with Crippen molar-refractivity contribution in [3.8, 4) is 22.9 Å². The Labute approximate surface area is 184 Å². The number of ether oxygens (including phenoxy) is 2. The van der Waals surface area contributed by atoms with Crippen LogP contribution in [0.5, 0.6) is 11.5 Å². The van der Waals surface area contributed by atoms with Gasteiger partial charge in [0.2, 0.25) is 6.79 Å². The number of nitrogens with one attached hydrogen (secondary N) is 2. The maximum absolute atomic E-state index is 12.7. The Bertz CT molecular complexity index is 1310. The van der Waals surface area contributed by atoms with Gasteiger partial charge in [-0.3, -0.25) is 4.79 Å². The number of hydrogen-bond donors (Lipinski definition) is 2. The second kappa shape index (κ2) is 7.56. The van der Waals surface area contributed by atoms with Gasteiger partial charge in [0.1, 0.15) is 11.6 Å². The van der Waals surface area contributed by atoms with Crippen LogP contribution in [0.2, 0.25) is 0 Å². The van der Waals surface area contributed by atoms with Crippen molar-refractivity contribution in [1.82, 2.24) is 15.0 Å². The molecule has 1 saturated heterocycles. The number of carbonyl (C=O) groups is 1. The average Bonchev–Trinajstić information content (AvgIpc) is 3.59. The smallest absolute Gasteiger partial charge is 0.257 e. The van der Waals surface area contributed by atoms with Gasteiger partial charge in [-0.05, 0) is 61.4 Å². The summed E-state index contributed by atoms with van der Waals surface area (Å²) in [4.78, 5) is 27.4. The first-order chi connectivity index (χ1) is 15.7. The van der Waals surface area contributed by atoms with E-state index in [0.29, 0.717) is 17.0 Å². The van der Waals surface area contributed by atoms with Crippen LogP contribution in [0.4, 0.5) is 11.5 Å². The molecule has 4 aromatic rings. The van der Waals surface area contributed by atoms with Gasteiger partial charge in [-0.2, -0.15) is 0 Å². The van der Waals surface area contributed by atoms with E-state index < -0.39 is 0 Å². The van der Waals surface area contributed by atoms with E-state index in [1.165, 1.54) is 12.8 Å². The molecule has 0 radical (unpaired) electrons. The maximum Gasteiger partial charge on any atom is 0.257 e.